The second kappa shape index (κ2) is 6.54. The van der Waals surface area contributed by atoms with Gasteiger partial charge in [-0.3, -0.25) is 9.59 Å². The Hall–Kier alpha value is -3.15. The summed E-state index contributed by atoms with van der Waals surface area (Å²) >= 11 is 0. The van der Waals surface area contributed by atoms with Gasteiger partial charge >= 0.3 is 0 Å². The van der Waals surface area contributed by atoms with E-state index in [2.05, 4.69) is 10.3 Å². The fourth-order valence-corrected chi connectivity index (χ4v) is 3.38. The molecule has 0 aromatic heterocycles. The number of hydrogen-bond donors (Lipinski definition) is 1. The number of aliphatic imine (C=N–C) groups is 1. The van der Waals surface area contributed by atoms with E-state index in [4.69, 9.17) is 9.47 Å². The van der Waals surface area contributed by atoms with Crippen LogP contribution >= 0.6 is 0 Å². The molecule has 3 unspecified atom stereocenters. The molecule has 1 aromatic carbocycles. The lowest BCUT2D eigenvalue weighted by Gasteiger charge is -2.30. The van der Waals surface area contributed by atoms with Gasteiger partial charge in [-0.05, 0) is 45.1 Å². The van der Waals surface area contributed by atoms with Gasteiger partial charge in [0.15, 0.2) is 11.5 Å². The van der Waals surface area contributed by atoms with Gasteiger partial charge in [0.1, 0.15) is 6.10 Å². The van der Waals surface area contributed by atoms with Crippen molar-refractivity contribution in [2.24, 2.45) is 10.9 Å². The number of fused-ring (bicyclic) bond motifs is 2. The van der Waals surface area contributed by atoms with E-state index in [1.165, 1.54) is 0 Å². The summed E-state index contributed by atoms with van der Waals surface area (Å²) in [6, 6.07) is 7.24. The molecule has 0 bridgehead atoms. The van der Waals surface area contributed by atoms with Gasteiger partial charge < -0.3 is 14.8 Å². The second-order valence-electron chi connectivity index (χ2n) is 6.88. The molecule has 27 heavy (non-hydrogen) atoms. The molecular formula is C21H20N2O4. The van der Waals surface area contributed by atoms with Gasteiger partial charge in [0.2, 0.25) is 6.10 Å². The third-order valence-electron chi connectivity index (χ3n) is 5.08. The summed E-state index contributed by atoms with van der Waals surface area (Å²) in [5.41, 5.74) is 2.93. The Balaban J connectivity index is 1.57. The summed E-state index contributed by atoms with van der Waals surface area (Å²) in [5, 5.41) is 2.87. The lowest BCUT2D eigenvalue weighted by molar-refractivity contribution is -0.129. The smallest absolute Gasteiger partial charge is 0.291 e. The minimum atomic E-state index is -0.818. The van der Waals surface area contributed by atoms with Crippen molar-refractivity contribution in [1.82, 2.24) is 5.32 Å². The number of benzene rings is 1. The Morgan fingerprint density at radius 2 is 1.85 bits per heavy atom. The topological polar surface area (TPSA) is 77.0 Å². The van der Waals surface area contributed by atoms with Crippen LogP contribution in [0, 0.1) is 5.92 Å². The molecule has 3 aliphatic rings. The van der Waals surface area contributed by atoms with Crippen LogP contribution in [0.5, 0.6) is 11.5 Å². The Morgan fingerprint density at radius 1 is 1.15 bits per heavy atom. The molecule has 0 spiro atoms. The minimum Gasteiger partial charge on any atom is -0.482 e. The van der Waals surface area contributed by atoms with Crippen LogP contribution in [0.4, 0.5) is 0 Å². The van der Waals surface area contributed by atoms with Crippen LogP contribution in [0.25, 0.3) is 0 Å². The van der Waals surface area contributed by atoms with Crippen LogP contribution in [0.1, 0.15) is 20.8 Å². The average Bonchev–Trinajstić information content (AvgIpc) is 2.65. The molecule has 3 atom stereocenters. The molecule has 2 aliphatic heterocycles. The summed E-state index contributed by atoms with van der Waals surface area (Å²) in [7, 11) is 0. The van der Waals surface area contributed by atoms with Crippen LogP contribution in [0.3, 0.4) is 0 Å². The molecule has 6 heteroatoms. The van der Waals surface area contributed by atoms with Crippen LogP contribution in [0.2, 0.25) is 0 Å². The predicted octanol–water partition coefficient (Wildman–Crippen LogP) is 2.72. The van der Waals surface area contributed by atoms with E-state index in [1.54, 1.807) is 31.2 Å². The fraction of sp³-hybridized carbons (Fsp3) is 0.286. The average molecular weight is 364 g/mol. The number of ether oxygens (including phenoxy) is 2. The number of rotatable bonds is 1. The molecule has 6 nitrogen and oxygen atoms in total. The van der Waals surface area contributed by atoms with Crippen LogP contribution in [0.15, 0.2) is 64.3 Å². The third-order valence-corrected chi connectivity index (χ3v) is 5.08. The van der Waals surface area contributed by atoms with Crippen molar-refractivity contribution < 1.29 is 19.1 Å². The van der Waals surface area contributed by atoms with Gasteiger partial charge in [-0.1, -0.05) is 23.8 Å². The molecular weight excluding hydrogens is 344 g/mol. The number of amides is 2. The van der Waals surface area contributed by atoms with Gasteiger partial charge in [-0.2, -0.15) is 0 Å². The Morgan fingerprint density at radius 3 is 2.59 bits per heavy atom. The highest BCUT2D eigenvalue weighted by atomic mass is 16.6. The standard InChI is InChI=1S/C21H20N2O4/c1-11-12(2)20(24)23-16-10-14(8-9-15(11)16)22-21(25)19-13(3)26-17-6-4-5-7-18(17)27-19/h4-10,13,15,19H,1-3H3,(H,23,24). The number of carbonyl (C=O) groups excluding carboxylic acids is 2. The maximum absolute atomic E-state index is 12.7. The van der Waals surface area contributed by atoms with E-state index in [-0.39, 0.29) is 11.8 Å². The van der Waals surface area contributed by atoms with Crippen LogP contribution in [-0.2, 0) is 9.59 Å². The SMILES string of the molecule is CC1=C(C)C2C=CC(=NC(=O)C3Oc4ccccc4OC3C)C=C2NC1=O. The van der Waals surface area contributed by atoms with Crippen molar-refractivity contribution >= 4 is 17.5 Å². The van der Waals surface area contributed by atoms with Gasteiger partial charge in [-0.15, -0.1) is 0 Å². The zero-order chi connectivity index (χ0) is 19.1. The Labute approximate surface area is 157 Å². The zero-order valence-electron chi connectivity index (χ0n) is 15.4. The highest BCUT2D eigenvalue weighted by Crippen LogP contribution is 2.34. The van der Waals surface area contributed by atoms with Crippen molar-refractivity contribution in [3.05, 3.63) is 59.3 Å². The van der Waals surface area contributed by atoms with E-state index < -0.39 is 18.1 Å². The van der Waals surface area contributed by atoms with Crippen LogP contribution < -0.4 is 14.8 Å². The molecule has 2 heterocycles. The van der Waals surface area contributed by atoms with E-state index >= 15 is 0 Å². The summed E-state index contributed by atoms with van der Waals surface area (Å²) in [4.78, 5) is 28.9. The first-order chi connectivity index (χ1) is 12.9. The highest BCUT2D eigenvalue weighted by molar-refractivity contribution is 6.12. The van der Waals surface area contributed by atoms with Gasteiger partial charge in [0.25, 0.3) is 11.8 Å². The summed E-state index contributed by atoms with van der Waals surface area (Å²) in [6.07, 6.45) is 4.20. The lowest BCUT2D eigenvalue weighted by atomic mass is 9.85. The van der Waals surface area contributed by atoms with E-state index in [1.807, 2.05) is 32.1 Å². The summed E-state index contributed by atoms with van der Waals surface area (Å²) in [6.45, 7) is 5.53. The third kappa shape index (κ3) is 3.07. The quantitative estimate of drug-likeness (QED) is 0.831. The van der Waals surface area contributed by atoms with Crippen molar-refractivity contribution in [1.29, 1.82) is 0 Å². The summed E-state index contributed by atoms with van der Waals surface area (Å²) < 4.78 is 11.6. The highest BCUT2D eigenvalue weighted by Gasteiger charge is 2.34. The lowest BCUT2D eigenvalue weighted by Crippen LogP contribution is -2.43. The number of nitrogens with one attached hydrogen (secondary N) is 1. The molecule has 2 amide bonds. The maximum Gasteiger partial charge on any atom is 0.291 e. The van der Waals surface area contributed by atoms with Crippen molar-refractivity contribution in [3.63, 3.8) is 0 Å². The molecule has 138 valence electrons. The Bertz CT molecular complexity index is 955. The number of hydrogen-bond acceptors (Lipinski definition) is 4. The first-order valence-electron chi connectivity index (χ1n) is 8.87. The normalized spacial score (nSPS) is 27.8. The summed E-state index contributed by atoms with van der Waals surface area (Å²) in [5.74, 6) is 0.619. The van der Waals surface area contributed by atoms with Gasteiger partial charge in [0.05, 0.1) is 5.71 Å². The minimum absolute atomic E-state index is 0.0109. The fourth-order valence-electron chi connectivity index (χ4n) is 3.38. The molecule has 4 rings (SSSR count). The Kier molecular flexibility index (Phi) is 4.18. The monoisotopic (exact) mass is 364 g/mol. The first kappa shape index (κ1) is 17.3. The molecule has 0 saturated carbocycles. The van der Waals surface area contributed by atoms with Crippen molar-refractivity contribution in [2.45, 2.75) is 33.0 Å². The molecule has 1 N–H and O–H groups in total. The first-order valence-corrected chi connectivity index (χ1v) is 8.87. The number of para-hydroxylation sites is 2. The number of allylic oxidation sites excluding steroid dienone is 3. The van der Waals surface area contributed by atoms with Crippen molar-refractivity contribution in [2.75, 3.05) is 0 Å². The van der Waals surface area contributed by atoms with Crippen LogP contribution in [-0.4, -0.2) is 29.7 Å². The van der Waals surface area contributed by atoms with Crippen molar-refractivity contribution in [3.8, 4) is 11.5 Å². The maximum atomic E-state index is 12.7. The molecule has 0 radical (unpaired) electrons. The molecule has 0 fully saturated rings. The van der Waals surface area contributed by atoms with Gasteiger partial charge in [0, 0.05) is 17.2 Å². The number of carbonyl (C=O) groups is 2. The second-order valence-corrected chi connectivity index (χ2v) is 6.88. The van der Waals surface area contributed by atoms with E-state index in [9.17, 15) is 9.59 Å². The molecule has 1 aromatic rings. The number of nitrogens with zero attached hydrogens (tertiary/aromatic N) is 1. The molecule has 0 saturated heterocycles. The largest absolute Gasteiger partial charge is 0.482 e. The van der Waals surface area contributed by atoms with E-state index in [0.717, 1.165) is 16.8 Å². The van der Waals surface area contributed by atoms with Gasteiger partial charge in [-0.25, -0.2) is 4.99 Å². The van der Waals surface area contributed by atoms with E-state index in [0.29, 0.717) is 17.2 Å². The predicted molar refractivity (Wildman–Crippen MR) is 101 cm³/mol. The molecule has 1 aliphatic carbocycles. The zero-order valence-corrected chi connectivity index (χ0v) is 15.4.